The van der Waals surface area contributed by atoms with Crippen molar-refractivity contribution in [2.75, 3.05) is 7.11 Å². The number of aromatic amines is 1. The second-order valence-electron chi connectivity index (χ2n) is 10.1. The third kappa shape index (κ3) is 3.95. The zero-order chi connectivity index (χ0) is 23.4. The first kappa shape index (κ1) is 22.9. The summed E-state index contributed by atoms with van der Waals surface area (Å²) < 4.78 is 6.19. The van der Waals surface area contributed by atoms with Crippen LogP contribution in [-0.4, -0.2) is 22.3 Å². The molecule has 0 saturated heterocycles. The molecule has 0 fully saturated rings. The molecule has 4 nitrogen and oxygen atoms in total. The van der Waals surface area contributed by atoms with E-state index in [0.717, 1.165) is 23.1 Å². The van der Waals surface area contributed by atoms with Crippen molar-refractivity contribution >= 4 is 23.6 Å². The minimum Gasteiger partial charge on any atom is -0.508 e. The van der Waals surface area contributed by atoms with E-state index in [4.69, 9.17) is 17.0 Å². The fourth-order valence-electron chi connectivity index (χ4n) is 4.79. The van der Waals surface area contributed by atoms with E-state index in [-0.39, 0.29) is 22.5 Å². The van der Waals surface area contributed by atoms with Gasteiger partial charge in [-0.1, -0.05) is 33.8 Å². The molecule has 0 spiro atoms. The summed E-state index contributed by atoms with van der Waals surface area (Å²) in [6, 6.07) is 8.30. The van der Waals surface area contributed by atoms with Crippen LogP contribution in [-0.2, 0) is 17.3 Å². The number of fused-ring (bicyclic) bond motifs is 1. The van der Waals surface area contributed by atoms with Gasteiger partial charge >= 0.3 is 0 Å². The quantitative estimate of drug-likeness (QED) is 0.355. The number of phenolic OH excluding ortho intramolecular Hbond substituents is 1. The topological polar surface area (TPSA) is 65.5 Å². The Bertz CT molecular complexity index is 1250. The summed E-state index contributed by atoms with van der Waals surface area (Å²) in [6.07, 6.45) is 2.70. The average Bonchev–Trinajstić information content (AvgIpc) is 3.03. The molecule has 1 aromatic heterocycles. The summed E-state index contributed by atoms with van der Waals surface area (Å²) in [5, 5.41) is 20.8. The van der Waals surface area contributed by atoms with Crippen LogP contribution in [0.25, 0.3) is 11.1 Å². The Morgan fingerprint density at radius 1 is 1.00 bits per heavy atom. The molecular formula is C26H31NO3S2. The highest BCUT2D eigenvalue weighted by Crippen LogP contribution is 2.49. The van der Waals surface area contributed by atoms with Crippen molar-refractivity contribution in [3.63, 3.8) is 0 Å². The van der Waals surface area contributed by atoms with Gasteiger partial charge in [-0.3, -0.25) is 0 Å². The summed E-state index contributed by atoms with van der Waals surface area (Å²) in [5.74, 6) is 0.834. The van der Waals surface area contributed by atoms with E-state index in [2.05, 4.69) is 51.7 Å². The van der Waals surface area contributed by atoms with Crippen LogP contribution in [0.4, 0.5) is 0 Å². The smallest absolute Gasteiger partial charge is 0.203 e. The Balaban J connectivity index is 1.89. The molecule has 0 saturated carbocycles. The van der Waals surface area contributed by atoms with Crippen LogP contribution < -0.4 is 4.74 Å². The van der Waals surface area contributed by atoms with Crippen molar-refractivity contribution in [2.45, 2.75) is 64.7 Å². The molecule has 6 heteroatoms. The lowest BCUT2D eigenvalue weighted by Gasteiger charge is -2.42. The van der Waals surface area contributed by atoms with E-state index < -0.39 is 0 Å². The molecule has 2 aromatic carbocycles. The number of benzene rings is 2. The number of thiazole rings is 1. The Morgan fingerprint density at radius 2 is 1.62 bits per heavy atom. The number of hydrogen-bond acceptors (Lipinski definition) is 5. The van der Waals surface area contributed by atoms with Gasteiger partial charge in [0.2, 0.25) is 5.88 Å². The third-order valence-electron chi connectivity index (χ3n) is 6.94. The predicted molar refractivity (Wildman–Crippen MR) is 134 cm³/mol. The summed E-state index contributed by atoms with van der Waals surface area (Å²) in [7, 11) is 1.63. The number of aromatic nitrogens is 1. The van der Waals surface area contributed by atoms with Crippen molar-refractivity contribution in [1.82, 2.24) is 4.98 Å². The normalized spacial score (nSPS) is 16.6. The highest BCUT2D eigenvalue weighted by atomic mass is 32.1. The molecular weight excluding hydrogens is 438 g/mol. The highest BCUT2D eigenvalue weighted by molar-refractivity contribution is 7.73. The second-order valence-corrected chi connectivity index (χ2v) is 11.9. The predicted octanol–water partition coefficient (Wildman–Crippen LogP) is 7.14. The van der Waals surface area contributed by atoms with Crippen LogP contribution in [0.15, 0.2) is 24.3 Å². The van der Waals surface area contributed by atoms with Gasteiger partial charge in [-0.15, -0.1) is 11.3 Å². The third-order valence-corrected chi connectivity index (χ3v) is 8.16. The first-order valence-corrected chi connectivity index (χ1v) is 12.1. The maximum Gasteiger partial charge on any atom is 0.203 e. The van der Waals surface area contributed by atoms with Crippen LogP contribution >= 0.6 is 23.6 Å². The largest absolute Gasteiger partial charge is 0.508 e. The lowest BCUT2D eigenvalue weighted by Crippen LogP contribution is -2.34. The molecule has 4 rings (SSSR count). The number of hydrogen-bond donors (Lipinski definition) is 3. The number of rotatable bonds is 4. The number of phenols is 1. The molecule has 3 aromatic rings. The monoisotopic (exact) mass is 469 g/mol. The fourth-order valence-corrected chi connectivity index (χ4v) is 5.94. The summed E-state index contributed by atoms with van der Waals surface area (Å²) in [6.45, 7) is 11.4. The van der Waals surface area contributed by atoms with Crippen LogP contribution in [0.1, 0.15) is 67.7 Å². The molecule has 0 bridgehead atoms. The van der Waals surface area contributed by atoms with Gasteiger partial charge in [0.1, 0.15) is 11.5 Å². The van der Waals surface area contributed by atoms with Gasteiger partial charge in [0.15, 0.2) is 3.95 Å². The standard InChI is InChI=1S/C26H31NO3S2/c1-14-9-18-19(26(4,5)8-7-25(18,2)3)12-16(14)17-10-15(20(28)13-21(17)30-6)11-22-23(29)27-24(31)32-22/h9-10,12-13,28-29H,7-8,11H2,1-6H3,(H,27,31). The fraction of sp³-hybridized carbons (Fsp3) is 0.423. The van der Waals surface area contributed by atoms with E-state index in [1.54, 1.807) is 13.2 Å². The molecule has 1 aliphatic rings. The number of aryl methyl sites for hydroxylation is 1. The average molecular weight is 470 g/mol. The minimum atomic E-state index is 0.0608. The van der Waals surface area contributed by atoms with Gasteiger partial charge < -0.3 is 19.9 Å². The van der Waals surface area contributed by atoms with Gasteiger partial charge in [-0.05, 0) is 77.2 Å². The summed E-state index contributed by atoms with van der Waals surface area (Å²) in [5.41, 5.74) is 7.00. The molecule has 170 valence electrons. The van der Waals surface area contributed by atoms with E-state index in [1.807, 2.05) is 6.07 Å². The van der Waals surface area contributed by atoms with Crippen LogP contribution in [0.2, 0.25) is 0 Å². The number of aromatic hydroxyl groups is 2. The second kappa shape index (κ2) is 7.92. The molecule has 3 N–H and O–H groups in total. The highest BCUT2D eigenvalue weighted by Gasteiger charge is 2.37. The van der Waals surface area contributed by atoms with Gasteiger partial charge in [0.05, 0.1) is 12.0 Å². The minimum absolute atomic E-state index is 0.0608. The lowest BCUT2D eigenvalue weighted by atomic mass is 9.62. The van der Waals surface area contributed by atoms with E-state index in [9.17, 15) is 10.2 Å². The van der Waals surface area contributed by atoms with Crippen molar-refractivity contribution in [3.8, 4) is 28.5 Å². The molecule has 1 heterocycles. The van der Waals surface area contributed by atoms with Crippen molar-refractivity contribution in [1.29, 1.82) is 0 Å². The van der Waals surface area contributed by atoms with E-state index in [1.165, 1.54) is 34.4 Å². The Kier molecular flexibility index (Phi) is 5.66. The van der Waals surface area contributed by atoms with E-state index in [0.29, 0.717) is 21.0 Å². The van der Waals surface area contributed by atoms with Crippen molar-refractivity contribution in [3.05, 3.63) is 55.4 Å². The Hall–Kier alpha value is -2.31. The molecule has 0 amide bonds. The Labute approximate surface area is 198 Å². The number of ether oxygens (including phenoxy) is 1. The summed E-state index contributed by atoms with van der Waals surface area (Å²) >= 11 is 6.46. The van der Waals surface area contributed by atoms with Crippen molar-refractivity contribution < 1.29 is 14.9 Å². The molecule has 0 atom stereocenters. The molecule has 32 heavy (non-hydrogen) atoms. The number of nitrogens with one attached hydrogen (secondary N) is 1. The first-order chi connectivity index (χ1) is 14.9. The summed E-state index contributed by atoms with van der Waals surface area (Å²) in [4.78, 5) is 3.46. The Morgan fingerprint density at radius 3 is 2.19 bits per heavy atom. The van der Waals surface area contributed by atoms with Gasteiger partial charge in [0, 0.05) is 23.6 Å². The molecule has 0 aliphatic heterocycles. The van der Waals surface area contributed by atoms with Gasteiger partial charge in [0.25, 0.3) is 0 Å². The molecule has 0 radical (unpaired) electrons. The van der Waals surface area contributed by atoms with E-state index >= 15 is 0 Å². The SMILES string of the molecule is COc1cc(O)c(Cc2sc(=S)[nH]c2O)cc1-c1cc2c(cc1C)C(C)(C)CCC2(C)C. The van der Waals surface area contributed by atoms with Gasteiger partial charge in [-0.25, -0.2) is 0 Å². The molecule has 0 unspecified atom stereocenters. The maximum atomic E-state index is 10.7. The lowest BCUT2D eigenvalue weighted by molar-refractivity contribution is 0.332. The van der Waals surface area contributed by atoms with Crippen molar-refractivity contribution in [2.24, 2.45) is 0 Å². The zero-order valence-corrected chi connectivity index (χ0v) is 21.2. The van der Waals surface area contributed by atoms with Crippen LogP contribution in [0.3, 0.4) is 0 Å². The van der Waals surface area contributed by atoms with Crippen LogP contribution in [0.5, 0.6) is 17.4 Å². The molecule has 1 aliphatic carbocycles. The number of methoxy groups -OCH3 is 1. The maximum absolute atomic E-state index is 10.7. The van der Waals surface area contributed by atoms with Crippen LogP contribution in [0, 0.1) is 10.9 Å². The first-order valence-electron chi connectivity index (χ1n) is 10.9. The number of H-pyrrole nitrogens is 1. The zero-order valence-electron chi connectivity index (χ0n) is 19.5. The van der Waals surface area contributed by atoms with Gasteiger partial charge in [-0.2, -0.15) is 0 Å².